The van der Waals surface area contributed by atoms with E-state index in [-0.39, 0.29) is 10.6 Å². The molecule has 1 saturated heterocycles. The maximum absolute atomic E-state index is 10.8. The number of piperazine rings is 1. The Bertz CT molecular complexity index is 445. The topological polar surface area (TPSA) is 49.6 Å². The molecule has 5 nitrogen and oxygen atoms in total. The van der Waals surface area contributed by atoms with Crippen LogP contribution in [0.2, 0.25) is 0 Å². The van der Waals surface area contributed by atoms with Crippen molar-refractivity contribution < 1.29 is 4.92 Å². The molecule has 0 spiro atoms. The summed E-state index contributed by atoms with van der Waals surface area (Å²) in [5.74, 6) is 0. The molecular formula is C12H16BrN3O2. The van der Waals surface area contributed by atoms with Gasteiger partial charge in [-0.3, -0.25) is 15.0 Å². The monoisotopic (exact) mass is 313 g/mol. The molecule has 0 unspecified atom stereocenters. The van der Waals surface area contributed by atoms with Gasteiger partial charge in [0.1, 0.15) is 0 Å². The zero-order chi connectivity index (χ0) is 13.1. The normalized spacial score (nSPS) is 17.9. The fourth-order valence-corrected chi connectivity index (χ4v) is 2.62. The minimum atomic E-state index is -0.349. The summed E-state index contributed by atoms with van der Waals surface area (Å²) >= 11 is 3.32. The molecule has 0 aliphatic carbocycles. The molecule has 0 saturated carbocycles. The second-order valence-corrected chi connectivity index (χ2v) is 5.57. The van der Waals surface area contributed by atoms with Gasteiger partial charge < -0.3 is 4.90 Å². The van der Waals surface area contributed by atoms with Gasteiger partial charge in [-0.05, 0) is 18.7 Å². The van der Waals surface area contributed by atoms with Crippen LogP contribution in [0.25, 0.3) is 0 Å². The first-order valence-corrected chi connectivity index (χ1v) is 6.68. The van der Waals surface area contributed by atoms with E-state index in [1.165, 1.54) is 6.07 Å². The molecule has 18 heavy (non-hydrogen) atoms. The predicted molar refractivity (Wildman–Crippen MR) is 73.6 cm³/mol. The van der Waals surface area contributed by atoms with Gasteiger partial charge in [0, 0.05) is 49.3 Å². The molecule has 1 aliphatic heterocycles. The third-order valence-electron chi connectivity index (χ3n) is 3.16. The average molecular weight is 314 g/mol. The molecule has 2 rings (SSSR count). The lowest BCUT2D eigenvalue weighted by molar-refractivity contribution is -0.385. The summed E-state index contributed by atoms with van der Waals surface area (Å²) in [6.45, 7) is 4.90. The highest BCUT2D eigenvalue weighted by Gasteiger charge is 2.15. The molecule has 0 radical (unpaired) electrons. The first kappa shape index (κ1) is 13.5. The lowest BCUT2D eigenvalue weighted by Crippen LogP contribution is -2.43. The number of nitrogens with zero attached hydrogens (tertiary/aromatic N) is 3. The maximum atomic E-state index is 10.8. The molecule has 1 fully saturated rings. The highest BCUT2D eigenvalue weighted by atomic mass is 79.9. The molecular weight excluding hydrogens is 298 g/mol. The van der Waals surface area contributed by atoms with E-state index in [2.05, 4.69) is 32.8 Å². The van der Waals surface area contributed by atoms with E-state index in [9.17, 15) is 10.1 Å². The Balaban J connectivity index is 2.07. The van der Waals surface area contributed by atoms with Crippen LogP contribution in [-0.4, -0.2) is 47.9 Å². The summed E-state index contributed by atoms with van der Waals surface area (Å²) in [5, 5.41) is 10.8. The third-order valence-corrected chi connectivity index (χ3v) is 3.61. The van der Waals surface area contributed by atoms with Crippen molar-refractivity contribution in [3.05, 3.63) is 38.3 Å². The van der Waals surface area contributed by atoms with Gasteiger partial charge in [0.05, 0.1) is 4.92 Å². The molecule has 0 N–H and O–H groups in total. The number of rotatable bonds is 3. The van der Waals surface area contributed by atoms with Crippen LogP contribution in [0.5, 0.6) is 0 Å². The number of halogens is 1. The number of hydrogen-bond donors (Lipinski definition) is 0. The van der Waals surface area contributed by atoms with Gasteiger partial charge in [0.15, 0.2) is 0 Å². The van der Waals surface area contributed by atoms with Crippen LogP contribution < -0.4 is 0 Å². The van der Waals surface area contributed by atoms with Crippen LogP contribution in [0.15, 0.2) is 22.7 Å². The van der Waals surface area contributed by atoms with Gasteiger partial charge in [-0.25, -0.2) is 0 Å². The third kappa shape index (κ3) is 3.51. The first-order chi connectivity index (χ1) is 8.54. The van der Waals surface area contributed by atoms with Crippen LogP contribution in [0.1, 0.15) is 5.56 Å². The number of likely N-dealkylation sites (N-methyl/N-ethyl adjacent to an activating group) is 1. The zero-order valence-corrected chi connectivity index (χ0v) is 11.9. The molecule has 1 heterocycles. The van der Waals surface area contributed by atoms with Gasteiger partial charge in [0.25, 0.3) is 5.69 Å². The summed E-state index contributed by atoms with van der Waals surface area (Å²) in [5.41, 5.74) is 1.13. The summed E-state index contributed by atoms with van der Waals surface area (Å²) in [7, 11) is 2.11. The van der Waals surface area contributed by atoms with E-state index >= 15 is 0 Å². The van der Waals surface area contributed by atoms with Crippen LogP contribution >= 0.6 is 15.9 Å². The van der Waals surface area contributed by atoms with Crippen molar-refractivity contribution in [2.45, 2.75) is 6.54 Å². The molecule has 6 heteroatoms. The Kier molecular flexibility index (Phi) is 4.31. The first-order valence-electron chi connectivity index (χ1n) is 5.89. The van der Waals surface area contributed by atoms with Gasteiger partial charge >= 0.3 is 0 Å². The van der Waals surface area contributed by atoms with Crippen LogP contribution in [0, 0.1) is 10.1 Å². The highest BCUT2D eigenvalue weighted by Crippen LogP contribution is 2.22. The molecule has 0 amide bonds. The standard InChI is InChI=1S/C12H16BrN3O2/c1-14-2-4-15(5-3-14)9-10-6-11(13)8-12(7-10)16(17)18/h6-8H,2-5,9H2,1H3. The minimum absolute atomic E-state index is 0.147. The highest BCUT2D eigenvalue weighted by molar-refractivity contribution is 9.10. The molecule has 98 valence electrons. The number of benzene rings is 1. The van der Waals surface area contributed by atoms with Gasteiger partial charge in [-0.15, -0.1) is 0 Å². The van der Waals surface area contributed by atoms with Gasteiger partial charge in [0.2, 0.25) is 0 Å². The minimum Gasteiger partial charge on any atom is -0.304 e. The van der Waals surface area contributed by atoms with Crippen LogP contribution in [-0.2, 0) is 6.54 Å². The summed E-state index contributed by atoms with van der Waals surface area (Å²) in [4.78, 5) is 15.1. The Morgan fingerprint density at radius 1 is 1.28 bits per heavy atom. The Morgan fingerprint density at radius 2 is 1.94 bits per heavy atom. The van der Waals surface area contributed by atoms with E-state index in [4.69, 9.17) is 0 Å². The lowest BCUT2D eigenvalue weighted by atomic mass is 10.2. The largest absolute Gasteiger partial charge is 0.304 e. The lowest BCUT2D eigenvalue weighted by Gasteiger charge is -2.32. The van der Waals surface area contributed by atoms with Crippen LogP contribution in [0.4, 0.5) is 5.69 Å². The van der Waals surface area contributed by atoms with Gasteiger partial charge in [-0.1, -0.05) is 15.9 Å². The van der Waals surface area contributed by atoms with Crippen molar-refractivity contribution in [1.29, 1.82) is 0 Å². The van der Waals surface area contributed by atoms with E-state index in [0.717, 1.165) is 42.8 Å². The van der Waals surface area contributed by atoms with Crippen molar-refractivity contribution in [2.75, 3.05) is 33.2 Å². The van der Waals surface area contributed by atoms with Crippen molar-refractivity contribution in [3.63, 3.8) is 0 Å². The molecule has 1 aliphatic rings. The van der Waals surface area contributed by atoms with Crippen molar-refractivity contribution in [1.82, 2.24) is 9.80 Å². The smallest absolute Gasteiger partial charge is 0.270 e. The molecule has 1 aromatic rings. The summed E-state index contributed by atoms with van der Waals surface area (Å²) in [6, 6.07) is 5.14. The quantitative estimate of drug-likeness (QED) is 0.633. The number of nitro benzene ring substituents is 1. The Labute approximate surface area is 115 Å². The SMILES string of the molecule is CN1CCN(Cc2cc(Br)cc([N+](=O)[O-])c2)CC1. The second kappa shape index (κ2) is 5.77. The average Bonchev–Trinajstić information content (AvgIpc) is 2.31. The Morgan fingerprint density at radius 3 is 2.56 bits per heavy atom. The number of hydrogen-bond acceptors (Lipinski definition) is 4. The molecule has 0 atom stereocenters. The van der Waals surface area contributed by atoms with Crippen molar-refractivity contribution in [2.24, 2.45) is 0 Å². The van der Waals surface area contributed by atoms with Crippen LogP contribution in [0.3, 0.4) is 0 Å². The number of non-ortho nitro benzene ring substituents is 1. The maximum Gasteiger partial charge on any atom is 0.270 e. The van der Waals surface area contributed by atoms with Crippen molar-refractivity contribution in [3.8, 4) is 0 Å². The zero-order valence-electron chi connectivity index (χ0n) is 10.3. The van der Waals surface area contributed by atoms with E-state index in [0.29, 0.717) is 0 Å². The predicted octanol–water partition coefficient (Wildman–Crippen LogP) is 2.10. The molecule has 0 bridgehead atoms. The van der Waals surface area contributed by atoms with E-state index < -0.39 is 0 Å². The van der Waals surface area contributed by atoms with Crippen molar-refractivity contribution >= 4 is 21.6 Å². The second-order valence-electron chi connectivity index (χ2n) is 4.65. The van der Waals surface area contributed by atoms with Gasteiger partial charge in [-0.2, -0.15) is 0 Å². The van der Waals surface area contributed by atoms with E-state index in [1.807, 2.05) is 6.07 Å². The molecule has 0 aromatic heterocycles. The molecule has 1 aromatic carbocycles. The summed E-state index contributed by atoms with van der Waals surface area (Å²) < 4.78 is 0.765. The fourth-order valence-electron chi connectivity index (χ4n) is 2.09. The number of nitro groups is 1. The van der Waals surface area contributed by atoms with E-state index in [1.54, 1.807) is 6.07 Å². The fraction of sp³-hybridized carbons (Fsp3) is 0.500. The Hall–Kier alpha value is -0.980. The summed E-state index contributed by atoms with van der Waals surface area (Å²) in [6.07, 6.45) is 0.